The summed E-state index contributed by atoms with van der Waals surface area (Å²) < 4.78 is 12.3. The molecule has 0 bridgehead atoms. The molecular formula is C22H32O2P2. The van der Waals surface area contributed by atoms with E-state index in [4.69, 9.17) is 9.05 Å². The number of hydrogen-bond acceptors (Lipinski definition) is 2. The number of hydrogen-bond donors (Lipinski definition) is 0. The first-order chi connectivity index (χ1) is 12.4. The van der Waals surface area contributed by atoms with E-state index in [-0.39, 0.29) is 9.90 Å². The first-order valence-corrected chi connectivity index (χ1v) is 10.9. The van der Waals surface area contributed by atoms with Crippen LogP contribution < -0.4 is 9.83 Å². The Morgan fingerprint density at radius 3 is 2.15 bits per heavy atom. The maximum absolute atomic E-state index is 6.17. The topological polar surface area (TPSA) is 18.5 Å². The maximum Gasteiger partial charge on any atom is 0.265 e. The fourth-order valence-corrected chi connectivity index (χ4v) is 4.77. The molecule has 1 aliphatic rings. The predicted octanol–water partition coefficient (Wildman–Crippen LogP) is 6.90. The first-order valence-electron chi connectivity index (χ1n) is 9.69. The van der Waals surface area contributed by atoms with Crippen LogP contribution in [0.5, 0.6) is 5.75 Å². The zero-order valence-corrected chi connectivity index (χ0v) is 18.3. The Bertz CT molecular complexity index is 660. The standard InChI is InChI=1S/C22H29O2P.H3P/c1-2-3-4-5-6-7-8-13-18-23-25-22-17-12-10-15-20(22)19-14-9-11-16-21(19)24-25;/h9-12,14-17H,2-8,13,18H2,1H3;1H3. The van der Waals surface area contributed by atoms with Crippen molar-refractivity contribution in [3.8, 4) is 16.9 Å². The molecule has 26 heavy (non-hydrogen) atoms. The van der Waals surface area contributed by atoms with E-state index in [1.54, 1.807) is 0 Å². The van der Waals surface area contributed by atoms with Crippen LogP contribution in [-0.4, -0.2) is 6.61 Å². The van der Waals surface area contributed by atoms with Crippen LogP contribution in [0.25, 0.3) is 11.1 Å². The lowest BCUT2D eigenvalue weighted by atomic mass is 10.0. The normalized spacial score (nSPS) is 14.7. The highest BCUT2D eigenvalue weighted by Crippen LogP contribution is 2.49. The lowest BCUT2D eigenvalue weighted by molar-refractivity contribution is 0.307. The van der Waals surface area contributed by atoms with Crippen molar-refractivity contribution in [2.24, 2.45) is 0 Å². The van der Waals surface area contributed by atoms with Crippen molar-refractivity contribution in [2.75, 3.05) is 6.61 Å². The molecule has 3 rings (SSSR count). The molecule has 0 N–H and O–H groups in total. The van der Waals surface area contributed by atoms with Gasteiger partial charge in [-0.1, -0.05) is 88.3 Å². The Morgan fingerprint density at radius 1 is 0.769 bits per heavy atom. The zero-order chi connectivity index (χ0) is 17.3. The average molecular weight is 390 g/mol. The first kappa shape index (κ1) is 21.4. The zero-order valence-electron chi connectivity index (χ0n) is 16.0. The molecule has 1 aliphatic heterocycles. The van der Waals surface area contributed by atoms with E-state index in [1.165, 1.54) is 61.4 Å². The van der Waals surface area contributed by atoms with Crippen LogP contribution in [0.1, 0.15) is 58.3 Å². The third kappa shape index (κ3) is 5.78. The Kier molecular flexibility index (Phi) is 9.62. The molecule has 2 aromatic rings. The molecule has 2 aromatic carbocycles. The second-order valence-electron chi connectivity index (χ2n) is 6.67. The Balaban J connectivity index is 0.00000243. The van der Waals surface area contributed by atoms with Crippen molar-refractivity contribution in [1.82, 2.24) is 0 Å². The number of benzene rings is 2. The van der Waals surface area contributed by atoms with Crippen molar-refractivity contribution in [2.45, 2.75) is 58.3 Å². The number of unbranched alkanes of at least 4 members (excludes halogenated alkanes) is 7. The van der Waals surface area contributed by atoms with E-state index < -0.39 is 8.38 Å². The summed E-state index contributed by atoms with van der Waals surface area (Å²) in [6, 6.07) is 16.7. The van der Waals surface area contributed by atoms with Gasteiger partial charge >= 0.3 is 0 Å². The molecule has 2 unspecified atom stereocenters. The van der Waals surface area contributed by atoms with Gasteiger partial charge in [0.2, 0.25) is 0 Å². The van der Waals surface area contributed by atoms with E-state index in [2.05, 4.69) is 43.3 Å². The van der Waals surface area contributed by atoms with Crippen molar-refractivity contribution >= 4 is 23.6 Å². The summed E-state index contributed by atoms with van der Waals surface area (Å²) in [6.45, 7) is 3.06. The number of para-hydroxylation sites is 1. The van der Waals surface area contributed by atoms with Crippen LogP contribution in [0, 0.1) is 0 Å². The largest absolute Gasteiger partial charge is 0.443 e. The summed E-state index contributed by atoms with van der Waals surface area (Å²) in [6.07, 6.45) is 10.5. The van der Waals surface area contributed by atoms with E-state index in [0.717, 1.165) is 18.8 Å². The molecule has 0 saturated carbocycles. The van der Waals surface area contributed by atoms with Crippen LogP contribution in [0.15, 0.2) is 48.5 Å². The number of rotatable bonds is 10. The monoisotopic (exact) mass is 390 g/mol. The van der Waals surface area contributed by atoms with E-state index in [0.29, 0.717) is 0 Å². The molecule has 2 atom stereocenters. The van der Waals surface area contributed by atoms with Crippen LogP contribution >= 0.6 is 18.3 Å². The SMILES string of the molecule is CCCCCCCCCCOP1Oc2ccccc2-c2ccccc21.P. The minimum Gasteiger partial charge on any atom is -0.443 e. The van der Waals surface area contributed by atoms with Crippen molar-refractivity contribution in [3.63, 3.8) is 0 Å². The van der Waals surface area contributed by atoms with Crippen LogP contribution in [0.2, 0.25) is 0 Å². The summed E-state index contributed by atoms with van der Waals surface area (Å²) in [5, 5.41) is 1.20. The molecular weight excluding hydrogens is 358 g/mol. The van der Waals surface area contributed by atoms with Gasteiger partial charge in [-0.2, -0.15) is 9.90 Å². The van der Waals surface area contributed by atoms with Gasteiger partial charge < -0.3 is 9.05 Å². The van der Waals surface area contributed by atoms with Crippen molar-refractivity contribution < 1.29 is 9.05 Å². The van der Waals surface area contributed by atoms with Crippen LogP contribution in [-0.2, 0) is 4.52 Å². The third-order valence-electron chi connectivity index (χ3n) is 4.67. The third-order valence-corrected chi connectivity index (χ3v) is 6.23. The van der Waals surface area contributed by atoms with Gasteiger partial charge in [0.05, 0.1) is 11.9 Å². The molecule has 0 saturated heterocycles. The van der Waals surface area contributed by atoms with Gasteiger partial charge in [0.25, 0.3) is 8.38 Å². The second-order valence-corrected chi connectivity index (χ2v) is 8.11. The summed E-state index contributed by atoms with van der Waals surface area (Å²) in [5.41, 5.74) is 2.43. The van der Waals surface area contributed by atoms with Gasteiger partial charge in [-0.25, -0.2) is 0 Å². The van der Waals surface area contributed by atoms with Gasteiger partial charge in [0.1, 0.15) is 5.75 Å². The van der Waals surface area contributed by atoms with Gasteiger partial charge in [0.15, 0.2) is 0 Å². The molecule has 142 valence electrons. The van der Waals surface area contributed by atoms with Gasteiger partial charge in [-0.05, 0) is 24.1 Å². The van der Waals surface area contributed by atoms with Crippen LogP contribution in [0.3, 0.4) is 0 Å². The molecule has 0 aromatic heterocycles. The van der Waals surface area contributed by atoms with Crippen molar-refractivity contribution in [3.05, 3.63) is 48.5 Å². The van der Waals surface area contributed by atoms with Gasteiger partial charge in [-0.3, -0.25) is 0 Å². The molecule has 2 nitrogen and oxygen atoms in total. The molecule has 0 spiro atoms. The lowest BCUT2D eigenvalue weighted by Gasteiger charge is -2.27. The van der Waals surface area contributed by atoms with E-state index in [9.17, 15) is 0 Å². The quantitative estimate of drug-likeness (QED) is 0.324. The highest BCUT2D eigenvalue weighted by molar-refractivity contribution is 7.56. The van der Waals surface area contributed by atoms with Gasteiger partial charge in [-0.15, -0.1) is 0 Å². The summed E-state index contributed by atoms with van der Waals surface area (Å²) in [7, 11) is -1.01. The van der Waals surface area contributed by atoms with Gasteiger partial charge in [0, 0.05) is 5.56 Å². The Morgan fingerprint density at radius 2 is 1.38 bits per heavy atom. The Hall–Kier alpha value is -0.940. The fourth-order valence-electron chi connectivity index (χ4n) is 3.25. The number of fused-ring (bicyclic) bond motifs is 3. The summed E-state index contributed by atoms with van der Waals surface area (Å²) >= 11 is 0. The summed E-state index contributed by atoms with van der Waals surface area (Å²) in [5.74, 6) is 0.947. The lowest BCUT2D eigenvalue weighted by Crippen LogP contribution is -2.16. The summed E-state index contributed by atoms with van der Waals surface area (Å²) in [4.78, 5) is 0. The van der Waals surface area contributed by atoms with Crippen LogP contribution in [0.4, 0.5) is 0 Å². The molecule has 0 amide bonds. The van der Waals surface area contributed by atoms with E-state index in [1.807, 2.05) is 12.1 Å². The highest BCUT2D eigenvalue weighted by Gasteiger charge is 2.27. The molecule has 4 heteroatoms. The Labute approximate surface area is 163 Å². The molecule has 0 fully saturated rings. The molecule has 0 radical (unpaired) electrons. The fraction of sp³-hybridized carbons (Fsp3) is 0.455. The molecule has 0 aliphatic carbocycles. The highest BCUT2D eigenvalue weighted by atomic mass is 31.2. The minimum absolute atomic E-state index is 0. The maximum atomic E-state index is 6.17. The van der Waals surface area contributed by atoms with Crippen molar-refractivity contribution in [1.29, 1.82) is 0 Å². The van der Waals surface area contributed by atoms with E-state index >= 15 is 0 Å². The molecule has 1 heterocycles. The smallest absolute Gasteiger partial charge is 0.265 e. The second kappa shape index (κ2) is 11.7. The predicted molar refractivity (Wildman–Crippen MR) is 119 cm³/mol. The average Bonchev–Trinajstić information content (AvgIpc) is 2.66. The minimum atomic E-state index is -1.01.